The van der Waals surface area contributed by atoms with E-state index < -0.39 is 0 Å². The van der Waals surface area contributed by atoms with Crippen molar-refractivity contribution < 1.29 is 19.1 Å². The number of carbonyl (C=O) groups is 2. The van der Waals surface area contributed by atoms with Crippen LogP contribution in [0.2, 0.25) is 0 Å². The number of amides is 1. The number of ketones is 1. The van der Waals surface area contributed by atoms with Crippen molar-refractivity contribution in [3.63, 3.8) is 0 Å². The van der Waals surface area contributed by atoms with E-state index in [1.807, 2.05) is 48.5 Å². The predicted octanol–water partition coefficient (Wildman–Crippen LogP) is 3.89. The molecule has 0 bridgehead atoms. The lowest BCUT2D eigenvalue weighted by molar-refractivity contribution is 0.0954. The maximum absolute atomic E-state index is 12.6. The van der Waals surface area contributed by atoms with Crippen LogP contribution < -0.4 is 14.8 Å². The number of benzene rings is 3. The fraction of sp³-hybridized carbons (Fsp3) is 0.167. The first-order valence-corrected chi connectivity index (χ1v) is 9.39. The van der Waals surface area contributed by atoms with Crippen LogP contribution in [0, 0.1) is 0 Å². The van der Waals surface area contributed by atoms with Gasteiger partial charge in [0.25, 0.3) is 5.91 Å². The van der Waals surface area contributed by atoms with Gasteiger partial charge in [0.05, 0.1) is 14.2 Å². The van der Waals surface area contributed by atoms with E-state index in [4.69, 9.17) is 9.47 Å². The van der Waals surface area contributed by atoms with Gasteiger partial charge in [0.2, 0.25) is 0 Å². The number of fused-ring (bicyclic) bond motifs is 3. The maximum Gasteiger partial charge on any atom is 0.251 e. The second-order valence-corrected chi connectivity index (χ2v) is 6.83. The second kappa shape index (κ2) is 7.80. The van der Waals surface area contributed by atoms with E-state index in [9.17, 15) is 9.59 Å². The van der Waals surface area contributed by atoms with Crippen molar-refractivity contribution in [3.8, 4) is 22.6 Å². The first kappa shape index (κ1) is 18.7. The second-order valence-electron chi connectivity index (χ2n) is 6.83. The number of ether oxygens (including phenoxy) is 2. The van der Waals surface area contributed by atoms with Crippen molar-refractivity contribution in [1.82, 2.24) is 5.32 Å². The Morgan fingerprint density at radius 3 is 2.31 bits per heavy atom. The SMILES string of the molecule is COc1ccc(CCNC(=O)c2ccc3c(c2)C(=O)c2ccccc2-3)cc1OC. The summed E-state index contributed by atoms with van der Waals surface area (Å²) in [5.41, 5.74) is 4.59. The summed E-state index contributed by atoms with van der Waals surface area (Å²) in [5.74, 6) is 1.10. The Kier molecular flexibility index (Phi) is 5.04. The molecule has 0 aromatic heterocycles. The van der Waals surface area contributed by atoms with E-state index in [1.54, 1.807) is 26.4 Å². The normalized spacial score (nSPS) is 11.6. The minimum absolute atomic E-state index is 0.0319. The molecule has 0 radical (unpaired) electrons. The van der Waals surface area contributed by atoms with Gasteiger partial charge in [-0.05, 0) is 47.4 Å². The van der Waals surface area contributed by atoms with Gasteiger partial charge in [-0.3, -0.25) is 9.59 Å². The van der Waals surface area contributed by atoms with Gasteiger partial charge in [-0.2, -0.15) is 0 Å². The molecule has 3 aromatic carbocycles. The lowest BCUT2D eigenvalue weighted by Gasteiger charge is -2.10. The molecule has 3 aromatic rings. The molecular weight excluding hydrogens is 366 g/mol. The zero-order chi connectivity index (χ0) is 20.4. The molecule has 0 heterocycles. The molecule has 0 spiro atoms. The first-order valence-electron chi connectivity index (χ1n) is 9.39. The minimum Gasteiger partial charge on any atom is -0.493 e. The van der Waals surface area contributed by atoms with Gasteiger partial charge < -0.3 is 14.8 Å². The van der Waals surface area contributed by atoms with Gasteiger partial charge in [-0.15, -0.1) is 0 Å². The number of methoxy groups -OCH3 is 2. The van der Waals surface area contributed by atoms with Crippen molar-refractivity contribution in [1.29, 1.82) is 0 Å². The van der Waals surface area contributed by atoms with Crippen LogP contribution in [0.15, 0.2) is 60.7 Å². The highest BCUT2D eigenvalue weighted by molar-refractivity contribution is 6.22. The van der Waals surface area contributed by atoms with Crippen LogP contribution >= 0.6 is 0 Å². The smallest absolute Gasteiger partial charge is 0.251 e. The zero-order valence-electron chi connectivity index (χ0n) is 16.3. The van der Waals surface area contributed by atoms with Gasteiger partial charge in [-0.25, -0.2) is 0 Å². The van der Waals surface area contributed by atoms with Crippen LogP contribution in [-0.2, 0) is 6.42 Å². The third-order valence-corrected chi connectivity index (χ3v) is 5.14. The summed E-state index contributed by atoms with van der Waals surface area (Å²) in [5, 5.41) is 2.92. The number of hydrogen-bond donors (Lipinski definition) is 1. The predicted molar refractivity (Wildman–Crippen MR) is 111 cm³/mol. The average molecular weight is 387 g/mol. The summed E-state index contributed by atoms with van der Waals surface area (Å²) >= 11 is 0. The highest BCUT2D eigenvalue weighted by atomic mass is 16.5. The molecule has 29 heavy (non-hydrogen) atoms. The van der Waals surface area contributed by atoms with Crippen molar-refractivity contribution >= 4 is 11.7 Å². The summed E-state index contributed by atoms with van der Waals surface area (Å²) < 4.78 is 10.5. The van der Waals surface area contributed by atoms with Crippen LogP contribution in [-0.4, -0.2) is 32.5 Å². The first-order chi connectivity index (χ1) is 14.1. The van der Waals surface area contributed by atoms with Crippen LogP contribution in [0.5, 0.6) is 11.5 Å². The number of carbonyl (C=O) groups excluding carboxylic acids is 2. The summed E-state index contributed by atoms with van der Waals surface area (Å²) in [6.45, 7) is 0.472. The molecule has 1 N–H and O–H groups in total. The van der Waals surface area contributed by atoms with Gasteiger partial charge in [0.15, 0.2) is 17.3 Å². The highest BCUT2D eigenvalue weighted by Gasteiger charge is 2.26. The van der Waals surface area contributed by atoms with Crippen molar-refractivity contribution in [3.05, 3.63) is 82.9 Å². The Hall–Kier alpha value is -3.60. The quantitative estimate of drug-likeness (QED) is 0.545. The Morgan fingerprint density at radius 1 is 0.828 bits per heavy atom. The van der Waals surface area contributed by atoms with Crippen molar-refractivity contribution in [2.45, 2.75) is 6.42 Å². The van der Waals surface area contributed by atoms with Crippen LogP contribution in [0.3, 0.4) is 0 Å². The number of nitrogens with one attached hydrogen (secondary N) is 1. The molecular formula is C24H21NO4. The molecule has 5 heteroatoms. The molecule has 0 atom stereocenters. The molecule has 1 aliphatic carbocycles. The van der Waals surface area contributed by atoms with E-state index in [0.29, 0.717) is 41.2 Å². The Balaban J connectivity index is 1.43. The fourth-order valence-electron chi connectivity index (χ4n) is 3.63. The zero-order valence-corrected chi connectivity index (χ0v) is 16.3. The van der Waals surface area contributed by atoms with Gasteiger partial charge >= 0.3 is 0 Å². The van der Waals surface area contributed by atoms with E-state index in [-0.39, 0.29) is 11.7 Å². The molecule has 5 nitrogen and oxygen atoms in total. The van der Waals surface area contributed by atoms with Crippen LogP contribution in [0.1, 0.15) is 31.8 Å². The Morgan fingerprint density at radius 2 is 1.55 bits per heavy atom. The molecule has 1 aliphatic rings. The molecule has 4 rings (SSSR count). The number of rotatable bonds is 6. The van der Waals surface area contributed by atoms with Gasteiger partial charge in [0.1, 0.15) is 0 Å². The van der Waals surface area contributed by atoms with Crippen LogP contribution in [0.25, 0.3) is 11.1 Å². The molecule has 0 saturated carbocycles. The van der Waals surface area contributed by atoms with Crippen molar-refractivity contribution in [2.24, 2.45) is 0 Å². The van der Waals surface area contributed by atoms with E-state index in [1.165, 1.54) is 0 Å². The Bertz CT molecular complexity index is 1100. The molecule has 146 valence electrons. The third-order valence-electron chi connectivity index (χ3n) is 5.14. The highest BCUT2D eigenvalue weighted by Crippen LogP contribution is 2.36. The van der Waals surface area contributed by atoms with Gasteiger partial charge in [-0.1, -0.05) is 36.4 Å². The largest absolute Gasteiger partial charge is 0.493 e. The van der Waals surface area contributed by atoms with Crippen LogP contribution in [0.4, 0.5) is 0 Å². The standard InChI is InChI=1S/C24H21NO4/c1-28-21-10-7-15(13-22(21)29-2)11-12-25-24(27)16-8-9-18-17-5-3-4-6-19(17)23(26)20(18)14-16/h3-10,13-14H,11-12H2,1-2H3,(H,25,27). The molecule has 0 saturated heterocycles. The molecule has 0 unspecified atom stereocenters. The summed E-state index contributed by atoms with van der Waals surface area (Å²) in [6, 6.07) is 18.5. The molecule has 0 aliphatic heterocycles. The topological polar surface area (TPSA) is 64.6 Å². The summed E-state index contributed by atoms with van der Waals surface area (Å²) in [7, 11) is 3.19. The lowest BCUT2D eigenvalue weighted by atomic mass is 10.0. The monoisotopic (exact) mass is 387 g/mol. The summed E-state index contributed by atoms with van der Waals surface area (Å²) in [6.07, 6.45) is 0.654. The van der Waals surface area contributed by atoms with Crippen molar-refractivity contribution in [2.75, 3.05) is 20.8 Å². The van der Waals surface area contributed by atoms with E-state index in [0.717, 1.165) is 16.7 Å². The third kappa shape index (κ3) is 3.47. The summed E-state index contributed by atoms with van der Waals surface area (Å²) in [4.78, 5) is 25.2. The maximum atomic E-state index is 12.6. The fourth-order valence-corrected chi connectivity index (χ4v) is 3.63. The minimum atomic E-state index is -0.197. The van der Waals surface area contributed by atoms with E-state index in [2.05, 4.69) is 5.32 Å². The Labute approximate surface area is 169 Å². The molecule has 0 fully saturated rings. The average Bonchev–Trinajstić information content (AvgIpc) is 3.05. The van der Waals surface area contributed by atoms with E-state index >= 15 is 0 Å². The van der Waals surface area contributed by atoms with Gasteiger partial charge in [0, 0.05) is 23.2 Å². The number of hydrogen-bond acceptors (Lipinski definition) is 4. The lowest BCUT2D eigenvalue weighted by Crippen LogP contribution is -2.25. The molecule has 1 amide bonds.